The Morgan fingerprint density at radius 1 is 1.04 bits per heavy atom. The van der Waals surface area contributed by atoms with Crippen molar-refractivity contribution >= 4 is 23.8 Å². The number of carbonyl (C=O) groups excluding carboxylic acids is 2. The molecule has 136 valence electrons. The lowest BCUT2D eigenvalue weighted by atomic mass is 10.2. The van der Waals surface area contributed by atoms with E-state index in [4.69, 9.17) is 4.74 Å². The number of rotatable bonds is 7. The van der Waals surface area contributed by atoms with Gasteiger partial charge in [0.15, 0.2) is 0 Å². The Labute approximate surface area is 152 Å². The number of amides is 2. The van der Waals surface area contributed by atoms with E-state index in [2.05, 4.69) is 15.4 Å². The average Bonchev–Trinajstić information content (AvgIpc) is 2.67. The molecule has 0 aromatic heterocycles. The summed E-state index contributed by atoms with van der Waals surface area (Å²) in [7, 11) is 1.31. The van der Waals surface area contributed by atoms with Gasteiger partial charge in [0.2, 0.25) is 5.91 Å². The number of ether oxygens (including phenoxy) is 2. The zero-order valence-corrected chi connectivity index (χ0v) is 14.8. The second-order valence-electron chi connectivity index (χ2n) is 5.37. The lowest BCUT2D eigenvalue weighted by Gasteiger charge is -2.06. The lowest BCUT2D eigenvalue weighted by Crippen LogP contribution is -2.20. The third kappa shape index (κ3) is 6.32. The predicted octanol–water partition coefficient (Wildman–Crippen LogP) is 3.59. The van der Waals surface area contributed by atoms with Gasteiger partial charge in [0.25, 0.3) is 0 Å². The average molecular weight is 354 g/mol. The van der Waals surface area contributed by atoms with Gasteiger partial charge in [-0.05, 0) is 48.4 Å². The van der Waals surface area contributed by atoms with Crippen LogP contribution in [0.25, 0.3) is 6.08 Å². The Morgan fingerprint density at radius 3 is 2.35 bits per heavy atom. The molecule has 0 radical (unpaired) electrons. The molecular formula is C20H22N2O4. The van der Waals surface area contributed by atoms with Crippen molar-refractivity contribution in [1.82, 2.24) is 5.32 Å². The van der Waals surface area contributed by atoms with Crippen LogP contribution in [0, 0.1) is 0 Å². The third-order valence-corrected chi connectivity index (χ3v) is 3.47. The lowest BCUT2D eigenvalue weighted by molar-refractivity contribution is -0.116. The van der Waals surface area contributed by atoms with Crippen LogP contribution in [-0.2, 0) is 16.1 Å². The van der Waals surface area contributed by atoms with Gasteiger partial charge in [0.1, 0.15) is 5.75 Å². The molecule has 0 atom stereocenters. The van der Waals surface area contributed by atoms with Crippen LogP contribution in [0.3, 0.4) is 0 Å². The number of benzene rings is 2. The summed E-state index contributed by atoms with van der Waals surface area (Å²) in [6, 6.07) is 14.6. The molecule has 0 saturated heterocycles. The van der Waals surface area contributed by atoms with Crippen LogP contribution in [0.4, 0.5) is 10.5 Å². The minimum absolute atomic E-state index is 0.185. The Hall–Kier alpha value is -3.28. The smallest absolute Gasteiger partial charge is 0.411 e. The number of hydrogen-bond acceptors (Lipinski definition) is 4. The van der Waals surface area contributed by atoms with Crippen molar-refractivity contribution in [3.8, 4) is 5.75 Å². The van der Waals surface area contributed by atoms with Gasteiger partial charge in [-0.2, -0.15) is 0 Å². The van der Waals surface area contributed by atoms with Gasteiger partial charge >= 0.3 is 6.09 Å². The van der Waals surface area contributed by atoms with E-state index in [-0.39, 0.29) is 5.91 Å². The summed E-state index contributed by atoms with van der Waals surface area (Å²) in [5, 5.41) is 5.38. The van der Waals surface area contributed by atoms with E-state index < -0.39 is 6.09 Å². The predicted molar refractivity (Wildman–Crippen MR) is 101 cm³/mol. The molecule has 0 unspecified atom stereocenters. The van der Waals surface area contributed by atoms with Gasteiger partial charge in [0.05, 0.1) is 13.7 Å². The molecule has 0 bridgehead atoms. The largest absolute Gasteiger partial charge is 0.494 e. The van der Waals surface area contributed by atoms with Crippen molar-refractivity contribution in [2.24, 2.45) is 0 Å². The highest BCUT2D eigenvalue weighted by atomic mass is 16.5. The first-order chi connectivity index (χ1) is 12.6. The number of hydrogen-bond donors (Lipinski definition) is 2. The molecule has 2 aromatic rings. The number of carbonyl (C=O) groups is 2. The van der Waals surface area contributed by atoms with Crippen LogP contribution in [0.5, 0.6) is 5.75 Å². The van der Waals surface area contributed by atoms with E-state index in [1.54, 1.807) is 18.2 Å². The van der Waals surface area contributed by atoms with Crippen molar-refractivity contribution in [2.75, 3.05) is 19.0 Å². The molecule has 2 amide bonds. The maximum Gasteiger partial charge on any atom is 0.411 e. The summed E-state index contributed by atoms with van der Waals surface area (Å²) in [6.45, 7) is 2.95. The van der Waals surface area contributed by atoms with Crippen molar-refractivity contribution < 1.29 is 19.1 Å². The van der Waals surface area contributed by atoms with Crippen molar-refractivity contribution in [2.45, 2.75) is 13.5 Å². The summed E-state index contributed by atoms with van der Waals surface area (Å²) in [4.78, 5) is 23.0. The Balaban J connectivity index is 1.81. The van der Waals surface area contributed by atoms with Crippen LogP contribution in [-0.4, -0.2) is 25.7 Å². The molecule has 0 spiro atoms. The van der Waals surface area contributed by atoms with E-state index in [0.717, 1.165) is 16.9 Å². The highest BCUT2D eigenvalue weighted by Gasteiger charge is 2.01. The quantitative estimate of drug-likeness (QED) is 0.745. The molecule has 2 aromatic carbocycles. The van der Waals surface area contributed by atoms with Gasteiger partial charge in [-0.25, -0.2) is 4.79 Å². The standard InChI is InChI=1S/C20H22N2O4/c1-3-26-18-11-6-15(7-12-18)8-13-19(23)21-14-16-4-9-17(10-5-16)22-20(24)25-2/h4-13H,3,14H2,1-2H3,(H,21,23)(H,22,24)/b13-8+. The number of methoxy groups -OCH3 is 1. The van der Waals surface area contributed by atoms with Crippen molar-refractivity contribution in [3.05, 3.63) is 65.7 Å². The maximum atomic E-state index is 11.9. The highest BCUT2D eigenvalue weighted by Crippen LogP contribution is 2.13. The van der Waals surface area contributed by atoms with Gasteiger partial charge in [-0.1, -0.05) is 24.3 Å². The van der Waals surface area contributed by atoms with Crippen LogP contribution >= 0.6 is 0 Å². The second-order valence-corrected chi connectivity index (χ2v) is 5.37. The van der Waals surface area contributed by atoms with E-state index in [1.807, 2.05) is 43.3 Å². The molecular weight excluding hydrogens is 332 g/mol. The first kappa shape index (κ1) is 19.1. The topological polar surface area (TPSA) is 76.7 Å². The van der Waals surface area contributed by atoms with E-state index in [9.17, 15) is 9.59 Å². The van der Waals surface area contributed by atoms with Gasteiger partial charge in [-0.15, -0.1) is 0 Å². The molecule has 0 aliphatic carbocycles. The maximum absolute atomic E-state index is 11.9. The van der Waals surface area contributed by atoms with Crippen molar-refractivity contribution in [1.29, 1.82) is 0 Å². The molecule has 0 fully saturated rings. The first-order valence-corrected chi connectivity index (χ1v) is 8.23. The summed E-state index contributed by atoms with van der Waals surface area (Å²) in [5.41, 5.74) is 2.47. The van der Waals surface area contributed by atoms with E-state index >= 15 is 0 Å². The fraction of sp³-hybridized carbons (Fsp3) is 0.200. The molecule has 6 heteroatoms. The summed E-state index contributed by atoms with van der Waals surface area (Å²) < 4.78 is 9.90. The fourth-order valence-electron chi connectivity index (χ4n) is 2.14. The third-order valence-electron chi connectivity index (χ3n) is 3.47. The minimum Gasteiger partial charge on any atom is -0.494 e. The monoisotopic (exact) mass is 354 g/mol. The fourth-order valence-corrected chi connectivity index (χ4v) is 2.14. The molecule has 0 saturated carbocycles. The molecule has 0 heterocycles. The number of nitrogens with one attached hydrogen (secondary N) is 2. The summed E-state index contributed by atoms with van der Waals surface area (Å²) in [6.07, 6.45) is 2.71. The van der Waals surface area contributed by atoms with Gasteiger partial charge in [-0.3, -0.25) is 10.1 Å². The SMILES string of the molecule is CCOc1ccc(/C=C/C(=O)NCc2ccc(NC(=O)OC)cc2)cc1. The molecule has 6 nitrogen and oxygen atoms in total. The Kier molecular flexibility index (Phi) is 7.24. The molecule has 2 rings (SSSR count). The molecule has 2 N–H and O–H groups in total. The Bertz CT molecular complexity index is 752. The normalized spacial score (nSPS) is 10.4. The van der Waals surface area contributed by atoms with Crippen LogP contribution < -0.4 is 15.4 Å². The van der Waals surface area contributed by atoms with Gasteiger partial charge < -0.3 is 14.8 Å². The molecule has 0 aliphatic heterocycles. The minimum atomic E-state index is -0.523. The van der Waals surface area contributed by atoms with Crippen molar-refractivity contribution in [3.63, 3.8) is 0 Å². The van der Waals surface area contributed by atoms with Gasteiger partial charge in [0, 0.05) is 18.3 Å². The van der Waals surface area contributed by atoms with E-state index in [0.29, 0.717) is 18.8 Å². The zero-order valence-electron chi connectivity index (χ0n) is 14.8. The highest BCUT2D eigenvalue weighted by molar-refractivity contribution is 5.91. The summed E-state index contributed by atoms with van der Waals surface area (Å²) in [5.74, 6) is 0.620. The zero-order chi connectivity index (χ0) is 18.8. The van der Waals surface area contributed by atoms with E-state index in [1.165, 1.54) is 13.2 Å². The van der Waals surface area contributed by atoms with Crippen LogP contribution in [0.2, 0.25) is 0 Å². The first-order valence-electron chi connectivity index (χ1n) is 8.23. The second kappa shape index (κ2) is 9.88. The van der Waals surface area contributed by atoms with Crippen LogP contribution in [0.1, 0.15) is 18.1 Å². The molecule has 0 aliphatic rings. The Morgan fingerprint density at radius 2 is 1.73 bits per heavy atom. The number of anilines is 1. The summed E-state index contributed by atoms with van der Waals surface area (Å²) >= 11 is 0. The van der Waals surface area contributed by atoms with Crippen LogP contribution in [0.15, 0.2) is 54.6 Å². The molecule has 26 heavy (non-hydrogen) atoms.